The second-order valence-corrected chi connectivity index (χ2v) is 12.8. The van der Waals surface area contributed by atoms with Crippen LogP contribution in [0.4, 0.5) is 10.1 Å². The SMILES string of the molecule is CCNC(=O)C(Cc1ccccc1)N(Cc1cccc(Cl)c1)C(=O)CN(c1ccc(F)cc1)S(=O)(=O)c1ccc2c(c1)OCCO2. The van der Waals surface area contributed by atoms with Crippen molar-refractivity contribution in [2.75, 3.05) is 30.6 Å². The Morgan fingerprint density at radius 1 is 0.891 bits per heavy atom. The molecule has 0 fully saturated rings. The van der Waals surface area contributed by atoms with Crippen molar-refractivity contribution in [1.29, 1.82) is 0 Å². The van der Waals surface area contributed by atoms with Gasteiger partial charge in [-0.3, -0.25) is 13.9 Å². The van der Waals surface area contributed by atoms with Gasteiger partial charge in [-0.1, -0.05) is 54.1 Å². The molecule has 0 aliphatic carbocycles. The lowest BCUT2D eigenvalue weighted by Crippen LogP contribution is -2.53. The van der Waals surface area contributed by atoms with Gasteiger partial charge in [-0.2, -0.15) is 0 Å². The number of ether oxygens (including phenoxy) is 2. The van der Waals surface area contributed by atoms with Crippen molar-refractivity contribution in [3.63, 3.8) is 0 Å². The van der Waals surface area contributed by atoms with Gasteiger partial charge in [0.1, 0.15) is 31.6 Å². The first-order valence-corrected chi connectivity index (χ1v) is 16.5. The molecule has 0 saturated heterocycles. The summed E-state index contributed by atoms with van der Waals surface area (Å²) in [6.07, 6.45) is 0.171. The number of halogens is 2. The van der Waals surface area contributed by atoms with E-state index in [0.29, 0.717) is 29.5 Å². The minimum atomic E-state index is -4.42. The molecule has 1 heterocycles. The Balaban J connectivity index is 1.57. The number of hydrogen-bond donors (Lipinski definition) is 1. The number of fused-ring (bicyclic) bond motifs is 1. The minimum Gasteiger partial charge on any atom is -0.486 e. The second-order valence-electron chi connectivity index (χ2n) is 10.5. The van der Waals surface area contributed by atoms with E-state index in [1.54, 1.807) is 31.2 Å². The Labute approximate surface area is 272 Å². The minimum absolute atomic E-state index is 0.0324. The number of carbonyl (C=O) groups excluding carboxylic acids is 2. The first-order valence-electron chi connectivity index (χ1n) is 14.7. The predicted octanol–water partition coefficient (Wildman–Crippen LogP) is 5.22. The molecule has 1 aliphatic heterocycles. The molecule has 4 aromatic rings. The van der Waals surface area contributed by atoms with Gasteiger partial charge in [-0.05, 0) is 66.6 Å². The first-order chi connectivity index (χ1) is 22.2. The lowest BCUT2D eigenvalue weighted by molar-refractivity contribution is -0.140. The van der Waals surface area contributed by atoms with Crippen LogP contribution in [-0.4, -0.2) is 57.5 Å². The third kappa shape index (κ3) is 7.78. The molecule has 0 bridgehead atoms. The number of sulfonamides is 1. The molecule has 0 spiro atoms. The number of anilines is 1. The van der Waals surface area contributed by atoms with E-state index in [1.807, 2.05) is 30.3 Å². The molecule has 0 saturated carbocycles. The van der Waals surface area contributed by atoms with Gasteiger partial charge >= 0.3 is 0 Å². The summed E-state index contributed by atoms with van der Waals surface area (Å²) < 4.78 is 54.5. The fraction of sp³-hybridized carbons (Fsp3) is 0.235. The van der Waals surface area contributed by atoms with Crippen molar-refractivity contribution in [3.05, 3.63) is 119 Å². The number of benzene rings is 4. The van der Waals surface area contributed by atoms with Gasteiger partial charge in [-0.25, -0.2) is 12.8 Å². The molecule has 5 rings (SSSR count). The highest BCUT2D eigenvalue weighted by molar-refractivity contribution is 7.92. The van der Waals surface area contributed by atoms with E-state index in [0.717, 1.165) is 22.0 Å². The summed E-state index contributed by atoms with van der Waals surface area (Å²) in [5, 5.41) is 3.26. The average Bonchev–Trinajstić information content (AvgIpc) is 3.06. The normalized spacial score (nSPS) is 13.0. The van der Waals surface area contributed by atoms with Crippen LogP contribution in [0.25, 0.3) is 0 Å². The van der Waals surface area contributed by atoms with Gasteiger partial charge in [0.25, 0.3) is 10.0 Å². The molecule has 4 aromatic carbocycles. The van der Waals surface area contributed by atoms with Crippen LogP contribution in [0.15, 0.2) is 102 Å². The molecule has 12 heteroatoms. The average molecular weight is 666 g/mol. The quantitative estimate of drug-likeness (QED) is 0.223. The molecule has 1 aliphatic rings. The lowest BCUT2D eigenvalue weighted by atomic mass is 10.0. The number of nitrogens with zero attached hydrogens (tertiary/aromatic N) is 2. The summed E-state index contributed by atoms with van der Waals surface area (Å²) in [7, 11) is -4.42. The number of likely N-dealkylation sites (N-methyl/N-ethyl adjacent to an activating group) is 1. The highest BCUT2D eigenvalue weighted by atomic mass is 35.5. The van der Waals surface area contributed by atoms with Crippen LogP contribution in [0.1, 0.15) is 18.1 Å². The Kier molecular flexibility index (Phi) is 10.4. The molecule has 46 heavy (non-hydrogen) atoms. The largest absolute Gasteiger partial charge is 0.486 e. The standard InChI is InChI=1S/C34H33ClFN3O6S/c1-2-37-34(41)30(20-24-7-4-3-5-8-24)38(22-25-9-6-10-26(35)19-25)33(40)23-39(28-13-11-27(36)12-14-28)46(42,43)29-15-16-31-32(21-29)45-18-17-44-31/h3-16,19,21,30H,2,17-18,20,22-23H2,1H3,(H,37,41). The van der Waals surface area contributed by atoms with Gasteiger partial charge in [0.2, 0.25) is 11.8 Å². The molecule has 0 radical (unpaired) electrons. The Hall–Kier alpha value is -4.61. The molecule has 0 aromatic heterocycles. The molecule has 2 amide bonds. The van der Waals surface area contributed by atoms with Crippen LogP contribution in [0, 0.1) is 5.82 Å². The fourth-order valence-corrected chi connectivity index (χ4v) is 6.77. The van der Waals surface area contributed by atoms with Crippen molar-refractivity contribution < 1.29 is 31.9 Å². The third-order valence-corrected chi connectivity index (χ3v) is 9.36. The maximum atomic E-state index is 14.4. The predicted molar refractivity (Wildman–Crippen MR) is 173 cm³/mol. The molecule has 1 unspecified atom stereocenters. The van der Waals surface area contributed by atoms with Gasteiger partial charge in [0, 0.05) is 30.6 Å². The van der Waals surface area contributed by atoms with E-state index in [1.165, 1.54) is 35.2 Å². The Morgan fingerprint density at radius 3 is 2.28 bits per heavy atom. The van der Waals surface area contributed by atoms with Crippen molar-refractivity contribution in [1.82, 2.24) is 10.2 Å². The summed E-state index contributed by atoms with van der Waals surface area (Å²) in [5.74, 6) is -0.983. The summed E-state index contributed by atoms with van der Waals surface area (Å²) in [6, 6.07) is 24.1. The van der Waals surface area contributed by atoms with Crippen LogP contribution in [0.2, 0.25) is 5.02 Å². The monoisotopic (exact) mass is 665 g/mol. The van der Waals surface area contributed by atoms with Crippen molar-refractivity contribution in [2.24, 2.45) is 0 Å². The number of hydrogen-bond acceptors (Lipinski definition) is 6. The van der Waals surface area contributed by atoms with Gasteiger partial charge < -0.3 is 19.7 Å². The maximum absolute atomic E-state index is 14.4. The zero-order valence-corrected chi connectivity index (χ0v) is 26.6. The molecular weight excluding hydrogens is 633 g/mol. The fourth-order valence-electron chi connectivity index (χ4n) is 5.13. The highest BCUT2D eigenvalue weighted by Crippen LogP contribution is 2.34. The number of amides is 2. The lowest BCUT2D eigenvalue weighted by Gasteiger charge is -2.34. The third-order valence-electron chi connectivity index (χ3n) is 7.36. The first kappa shape index (κ1) is 32.8. The second kappa shape index (κ2) is 14.7. The number of carbonyl (C=O) groups is 2. The summed E-state index contributed by atoms with van der Waals surface area (Å²) >= 11 is 6.26. The van der Waals surface area contributed by atoms with Crippen LogP contribution in [-0.2, 0) is 32.6 Å². The van der Waals surface area contributed by atoms with Crippen LogP contribution < -0.4 is 19.1 Å². The van der Waals surface area contributed by atoms with E-state index in [-0.39, 0.29) is 35.9 Å². The highest BCUT2D eigenvalue weighted by Gasteiger charge is 2.35. The van der Waals surface area contributed by atoms with Crippen molar-refractivity contribution in [3.8, 4) is 11.5 Å². The summed E-state index contributed by atoms with van der Waals surface area (Å²) in [5.41, 5.74) is 1.51. The summed E-state index contributed by atoms with van der Waals surface area (Å²) in [6.45, 7) is 1.95. The van der Waals surface area contributed by atoms with E-state index in [9.17, 15) is 22.4 Å². The van der Waals surface area contributed by atoms with Gasteiger partial charge in [0.15, 0.2) is 11.5 Å². The molecule has 1 atom stereocenters. The number of rotatable bonds is 12. The van der Waals surface area contributed by atoms with Gasteiger partial charge in [0.05, 0.1) is 10.6 Å². The zero-order chi connectivity index (χ0) is 32.7. The van der Waals surface area contributed by atoms with Crippen molar-refractivity contribution in [2.45, 2.75) is 30.8 Å². The van der Waals surface area contributed by atoms with Crippen LogP contribution in [0.5, 0.6) is 11.5 Å². The van der Waals surface area contributed by atoms with Crippen LogP contribution in [0.3, 0.4) is 0 Å². The van der Waals surface area contributed by atoms with E-state index in [2.05, 4.69) is 5.32 Å². The topological polar surface area (TPSA) is 105 Å². The zero-order valence-electron chi connectivity index (χ0n) is 25.1. The Bertz CT molecular complexity index is 1790. The van der Waals surface area contributed by atoms with Crippen LogP contribution >= 0.6 is 11.6 Å². The molecule has 9 nitrogen and oxygen atoms in total. The Morgan fingerprint density at radius 2 is 1.59 bits per heavy atom. The number of nitrogens with one attached hydrogen (secondary N) is 1. The van der Waals surface area contributed by atoms with E-state index in [4.69, 9.17) is 21.1 Å². The maximum Gasteiger partial charge on any atom is 0.264 e. The molecule has 240 valence electrons. The van der Waals surface area contributed by atoms with Crippen molar-refractivity contribution >= 4 is 39.1 Å². The summed E-state index contributed by atoms with van der Waals surface area (Å²) in [4.78, 5) is 29.2. The molecular formula is C34H33ClFN3O6S. The molecule has 1 N–H and O–H groups in total. The van der Waals surface area contributed by atoms with E-state index >= 15 is 0 Å². The smallest absolute Gasteiger partial charge is 0.264 e. The van der Waals surface area contributed by atoms with Gasteiger partial charge in [-0.15, -0.1) is 0 Å². The van der Waals surface area contributed by atoms with E-state index < -0.39 is 40.2 Å².